The number of nitrogens with zero attached hydrogens (tertiary/aromatic N) is 3. The zero-order valence-electron chi connectivity index (χ0n) is 14.6. The molecule has 1 amide bonds. The Morgan fingerprint density at radius 1 is 1.08 bits per heavy atom. The van der Waals surface area contributed by atoms with Gasteiger partial charge in [-0.15, -0.1) is 0 Å². The van der Waals surface area contributed by atoms with Crippen LogP contribution in [0.1, 0.15) is 27.8 Å². The number of rotatable bonds is 5. The van der Waals surface area contributed by atoms with Crippen LogP contribution in [0, 0.1) is 0 Å². The van der Waals surface area contributed by atoms with Crippen LogP contribution in [0.15, 0.2) is 42.5 Å². The van der Waals surface area contributed by atoms with E-state index >= 15 is 0 Å². The molecule has 1 aromatic heterocycles. The summed E-state index contributed by atoms with van der Waals surface area (Å²) >= 11 is 0. The number of carboxylic acid groups (broad SMARTS) is 1. The van der Waals surface area contributed by atoms with Crippen molar-refractivity contribution < 1.29 is 19.4 Å². The molecule has 0 unspecified atom stereocenters. The fourth-order valence-corrected chi connectivity index (χ4v) is 2.95. The van der Waals surface area contributed by atoms with Gasteiger partial charge < -0.3 is 19.6 Å². The number of para-hydroxylation sites is 1. The van der Waals surface area contributed by atoms with Crippen LogP contribution in [0.3, 0.4) is 0 Å². The monoisotopic (exact) mass is 355 g/mol. The number of hydrogen-bond donors (Lipinski definition) is 1. The van der Waals surface area contributed by atoms with Gasteiger partial charge in [0.15, 0.2) is 5.69 Å². The van der Waals surface area contributed by atoms with Crippen molar-refractivity contribution >= 4 is 17.7 Å². The molecule has 7 heteroatoms. The normalized spacial score (nSPS) is 14.2. The highest BCUT2D eigenvalue weighted by Gasteiger charge is 2.25. The molecule has 0 saturated carbocycles. The van der Waals surface area contributed by atoms with Crippen molar-refractivity contribution in [1.82, 2.24) is 9.88 Å². The Hall–Kier alpha value is -3.09. The van der Waals surface area contributed by atoms with Gasteiger partial charge in [0.05, 0.1) is 12.2 Å². The summed E-state index contributed by atoms with van der Waals surface area (Å²) in [4.78, 5) is 31.8. The van der Waals surface area contributed by atoms with Gasteiger partial charge >= 0.3 is 5.97 Å². The van der Waals surface area contributed by atoms with E-state index in [1.807, 2.05) is 24.0 Å². The van der Waals surface area contributed by atoms with E-state index < -0.39 is 5.97 Å². The first-order chi connectivity index (χ1) is 12.6. The van der Waals surface area contributed by atoms with Crippen molar-refractivity contribution in [1.29, 1.82) is 0 Å². The number of benzene rings is 1. The summed E-state index contributed by atoms with van der Waals surface area (Å²) in [7, 11) is 0. The third-order valence-corrected chi connectivity index (χ3v) is 4.26. The minimum absolute atomic E-state index is 0.0200. The second-order valence-electron chi connectivity index (χ2n) is 5.89. The molecule has 1 N–H and O–H groups in total. The van der Waals surface area contributed by atoms with Crippen LogP contribution in [0.4, 0.5) is 5.82 Å². The SMILES string of the molecule is CCOc1ccccc1C(=O)N1CCN(c2cccc(C(=O)O)n2)CC1. The zero-order chi connectivity index (χ0) is 18.5. The Bertz CT molecular complexity index is 801. The number of carbonyl (C=O) groups excluding carboxylic acids is 1. The number of aromatic carboxylic acids is 1. The van der Waals surface area contributed by atoms with Crippen molar-refractivity contribution in [2.24, 2.45) is 0 Å². The molecule has 136 valence electrons. The number of carbonyl (C=O) groups is 2. The lowest BCUT2D eigenvalue weighted by molar-refractivity contribution is 0.0690. The number of aromatic nitrogens is 1. The average molecular weight is 355 g/mol. The number of amides is 1. The quantitative estimate of drug-likeness (QED) is 0.885. The fraction of sp³-hybridized carbons (Fsp3) is 0.316. The van der Waals surface area contributed by atoms with E-state index in [1.54, 1.807) is 29.2 Å². The molecule has 1 saturated heterocycles. The minimum atomic E-state index is -1.05. The number of ether oxygens (including phenoxy) is 1. The predicted molar refractivity (Wildman–Crippen MR) is 96.9 cm³/mol. The molecule has 26 heavy (non-hydrogen) atoms. The molecule has 1 fully saturated rings. The maximum atomic E-state index is 12.8. The molecule has 1 aliphatic heterocycles. The maximum absolute atomic E-state index is 12.8. The van der Waals surface area contributed by atoms with Gasteiger partial charge in [-0.05, 0) is 31.2 Å². The van der Waals surface area contributed by atoms with Crippen molar-refractivity contribution in [3.63, 3.8) is 0 Å². The summed E-state index contributed by atoms with van der Waals surface area (Å²) in [5.41, 5.74) is 0.584. The highest BCUT2D eigenvalue weighted by molar-refractivity contribution is 5.97. The van der Waals surface area contributed by atoms with Gasteiger partial charge in [-0.25, -0.2) is 9.78 Å². The molecule has 7 nitrogen and oxygen atoms in total. The van der Waals surface area contributed by atoms with Gasteiger partial charge in [-0.1, -0.05) is 18.2 Å². The Balaban J connectivity index is 1.68. The largest absolute Gasteiger partial charge is 0.493 e. The molecular weight excluding hydrogens is 334 g/mol. The average Bonchev–Trinajstić information content (AvgIpc) is 2.68. The predicted octanol–water partition coefficient (Wildman–Crippen LogP) is 2.14. The van der Waals surface area contributed by atoms with E-state index in [-0.39, 0.29) is 11.6 Å². The Morgan fingerprint density at radius 3 is 2.50 bits per heavy atom. The minimum Gasteiger partial charge on any atom is -0.493 e. The summed E-state index contributed by atoms with van der Waals surface area (Å²) in [5.74, 6) is 0.110. The highest BCUT2D eigenvalue weighted by atomic mass is 16.5. The van der Waals surface area contributed by atoms with Crippen LogP contribution in [0.2, 0.25) is 0 Å². The van der Waals surface area contributed by atoms with Gasteiger partial charge in [-0.3, -0.25) is 4.79 Å². The first-order valence-corrected chi connectivity index (χ1v) is 8.56. The van der Waals surface area contributed by atoms with Gasteiger partial charge in [0, 0.05) is 26.2 Å². The van der Waals surface area contributed by atoms with Crippen molar-refractivity contribution in [2.45, 2.75) is 6.92 Å². The summed E-state index contributed by atoms with van der Waals surface area (Å²) in [5, 5.41) is 9.07. The zero-order valence-corrected chi connectivity index (χ0v) is 14.6. The fourth-order valence-electron chi connectivity index (χ4n) is 2.95. The Labute approximate surface area is 151 Å². The number of piperazine rings is 1. The van der Waals surface area contributed by atoms with Crippen molar-refractivity contribution in [3.05, 3.63) is 53.7 Å². The van der Waals surface area contributed by atoms with E-state index in [0.29, 0.717) is 49.9 Å². The van der Waals surface area contributed by atoms with Crippen LogP contribution in [0.5, 0.6) is 5.75 Å². The smallest absolute Gasteiger partial charge is 0.354 e. The van der Waals surface area contributed by atoms with Crippen LogP contribution >= 0.6 is 0 Å². The topological polar surface area (TPSA) is 83.0 Å². The Morgan fingerprint density at radius 2 is 1.81 bits per heavy atom. The first kappa shape index (κ1) is 17.7. The Kier molecular flexibility index (Phi) is 5.36. The molecule has 2 heterocycles. The van der Waals surface area contributed by atoms with E-state index in [2.05, 4.69) is 4.98 Å². The number of hydrogen-bond acceptors (Lipinski definition) is 5. The highest BCUT2D eigenvalue weighted by Crippen LogP contribution is 2.21. The number of pyridine rings is 1. The van der Waals surface area contributed by atoms with Crippen LogP contribution < -0.4 is 9.64 Å². The summed E-state index contributed by atoms with van der Waals surface area (Å²) in [6.45, 7) is 4.66. The van der Waals surface area contributed by atoms with Crippen LogP contribution in [-0.2, 0) is 0 Å². The lowest BCUT2D eigenvalue weighted by atomic mass is 10.1. The number of anilines is 1. The second kappa shape index (κ2) is 7.86. The molecule has 1 aromatic carbocycles. The molecular formula is C19H21N3O4. The molecule has 0 spiro atoms. The first-order valence-electron chi connectivity index (χ1n) is 8.56. The van der Waals surface area contributed by atoms with E-state index in [1.165, 1.54) is 6.07 Å². The lowest BCUT2D eigenvalue weighted by Gasteiger charge is -2.35. The molecule has 1 aliphatic rings. The molecule has 2 aromatic rings. The summed E-state index contributed by atoms with van der Waals surface area (Å²) in [6, 6.07) is 12.2. The van der Waals surface area contributed by atoms with Crippen molar-refractivity contribution in [2.75, 3.05) is 37.7 Å². The lowest BCUT2D eigenvalue weighted by Crippen LogP contribution is -2.49. The van der Waals surface area contributed by atoms with E-state index in [0.717, 1.165) is 0 Å². The molecule has 3 rings (SSSR count). The van der Waals surface area contributed by atoms with Crippen LogP contribution in [-0.4, -0.2) is 59.7 Å². The summed E-state index contributed by atoms with van der Waals surface area (Å²) in [6.07, 6.45) is 0. The molecule has 0 aliphatic carbocycles. The van der Waals surface area contributed by atoms with E-state index in [4.69, 9.17) is 9.84 Å². The van der Waals surface area contributed by atoms with Crippen LogP contribution in [0.25, 0.3) is 0 Å². The molecule has 0 radical (unpaired) electrons. The second-order valence-corrected chi connectivity index (χ2v) is 5.89. The maximum Gasteiger partial charge on any atom is 0.354 e. The van der Waals surface area contributed by atoms with Gasteiger partial charge in [0.2, 0.25) is 0 Å². The van der Waals surface area contributed by atoms with E-state index in [9.17, 15) is 9.59 Å². The van der Waals surface area contributed by atoms with Gasteiger partial charge in [0.1, 0.15) is 11.6 Å². The molecule has 0 bridgehead atoms. The number of carboxylic acids is 1. The molecule has 0 atom stereocenters. The summed E-state index contributed by atoms with van der Waals surface area (Å²) < 4.78 is 5.55. The standard InChI is InChI=1S/C19H21N3O4/c1-2-26-16-8-4-3-6-14(16)18(23)22-12-10-21(11-13-22)17-9-5-7-15(20-17)19(24)25/h3-9H,2,10-13H2,1H3,(H,24,25). The van der Waals surface area contributed by atoms with Gasteiger partial charge in [0.25, 0.3) is 5.91 Å². The van der Waals surface area contributed by atoms with Gasteiger partial charge in [-0.2, -0.15) is 0 Å². The van der Waals surface area contributed by atoms with Crippen molar-refractivity contribution in [3.8, 4) is 5.75 Å². The third-order valence-electron chi connectivity index (χ3n) is 4.26. The third kappa shape index (κ3) is 3.77.